The van der Waals surface area contributed by atoms with Gasteiger partial charge in [0, 0.05) is 30.6 Å². The van der Waals surface area contributed by atoms with Crippen molar-refractivity contribution in [1.82, 2.24) is 4.90 Å². The fraction of sp³-hybridized carbons (Fsp3) is 0.222. The van der Waals surface area contributed by atoms with Crippen LogP contribution in [-0.2, 0) is 19.5 Å². The first kappa shape index (κ1) is 14.2. The second-order valence-electron chi connectivity index (χ2n) is 5.49. The van der Waals surface area contributed by atoms with Gasteiger partial charge in [0.15, 0.2) is 0 Å². The summed E-state index contributed by atoms with van der Waals surface area (Å²) in [6, 6.07) is 17.0. The average molecular weight is 300 g/mol. The van der Waals surface area contributed by atoms with Gasteiger partial charge in [-0.1, -0.05) is 42.5 Å². The number of nitrogens with zero attached hydrogens (tertiary/aromatic N) is 1. The summed E-state index contributed by atoms with van der Waals surface area (Å²) in [6.07, 6.45) is 3.05. The molecule has 0 fully saturated rings. The van der Waals surface area contributed by atoms with Gasteiger partial charge >= 0.3 is 0 Å². The maximum absolute atomic E-state index is 5.63. The zero-order valence-corrected chi connectivity index (χ0v) is 12.6. The van der Waals surface area contributed by atoms with Crippen LogP contribution < -0.4 is 0 Å². The molecule has 3 aromatic rings. The Morgan fingerprint density at radius 2 is 1.71 bits per heavy atom. The molecule has 4 rings (SSSR count). The lowest BCUT2D eigenvalue weighted by atomic mass is 9.99. The lowest BCUT2D eigenvalue weighted by Gasteiger charge is -2.28. The Morgan fingerprint density at radius 3 is 2.62 bits per heavy atom. The van der Waals surface area contributed by atoms with Crippen LogP contribution in [0, 0.1) is 0 Å². The minimum Gasteiger partial charge on any atom is -0.464 e. The molecule has 21 heavy (non-hydrogen) atoms. The van der Waals surface area contributed by atoms with Gasteiger partial charge in [-0.3, -0.25) is 4.90 Å². The van der Waals surface area contributed by atoms with Gasteiger partial charge in [0.05, 0.1) is 6.26 Å². The number of fused-ring (bicyclic) bond motifs is 2. The van der Waals surface area contributed by atoms with Crippen molar-refractivity contribution in [3.8, 4) is 0 Å². The highest BCUT2D eigenvalue weighted by Gasteiger charge is 2.17. The monoisotopic (exact) mass is 299 g/mol. The van der Waals surface area contributed by atoms with Crippen LogP contribution in [0.25, 0.3) is 11.0 Å². The van der Waals surface area contributed by atoms with Crippen molar-refractivity contribution in [1.29, 1.82) is 0 Å². The minimum atomic E-state index is 0. The van der Waals surface area contributed by atoms with E-state index in [1.807, 2.05) is 18.4 Å². The normalized spacial score (nSPS) is 14.7. The number of hydrogen-bond acceptors (Lipinski definition) is 2. The fourth-order valence-electron chi connectivity index (χ4n) is 3.09. The standard InChI is InChI=1S/C18H17NO.ClH/c1-2-6-15-11-19(10-9-14(15)5-1)12-16-13-20-18-8-4-3-7-17(16)18;/h1-8,13H,9-12H2;1H. The molecule has 0 spiro atoms. The Bertz CT molecular complexity index is 750. The predicted octanol–water partition coefficient (Wildman–Crippen LogP) is 4.41. The summed E-state index contributed by atoms with van der Waals surface area (Å²) in [5, 5.41) is 1.24. The topological polar surface area (TPSA) is 16.4 Å². The van der Waals surface area contributed by atoms with E-state index >= 15 is 0 Å². The molecule has 1 aliphatic rings. The molecule has 0 unspecified atom stereocenters. The summed E-state index contributed by atoms with van der Waals surface area (Å²) in [4.78, 5) is 2.50. The fourth-order valence-corrected chi connectivity index (χ4v) is 3.09. The average Bonchev–Trinajstić information content (AvgIpc) is 2.91. The Hall–Kier alpha value is -1.77. The Labute approximate surface area is 130 Å². The highest BCUT2D eigenvalue weighted by Crippen LogP contribution is 2.25. The third-order valence-corrected chi connectivity index (χ3v) is 4.16. The maximum Gasteiger partial charge on any atom is 0.134 e. The number of halogens is 1. The van der Waals surface area contributed by atoms with Crippen molar-refractivity contribution in [2.45, 2.75) is 19.5 Å². The van der Waals surface area contributed by atoms with Crippen LogP contribution in [0.3, 0.4) is 0 Å². The predicted molar refractivity (Wildman–Crippen MR) is 87.7 cm³/mol. The van der Waals surface area contributed by atoms with E-state index in [0.29, 0.717) is 0 Å². The molecule has 0 aliphatic carbocycles. The Kier molecular flexibility index (Phi) is 4.00. The van der Waals surface area contributed by atoms with E-state index in [2.05, 4.69) is 41.3 Å². The number of rotatable bonds is 2. The first-order valence-electron chi connectivity index (χ1n) is 7.14. The quantitative estimate of drug-likeness (QED) is 0.697. The van der Waals surface area contributed by atoms with Crippen LogP contribution >= 0.6 is 12.4 Å². The Balaban J connectivity index is 0.00000132. The van der Waals surface area contributed by atoms with Crippen molar-refractivity contribution < 1.29 is 4.42 Å². The van der Waals surface area contributed by atoms with Gasteiger partial charge in [0.2, 0.25) is 0 Å². The van der Waals surface area contributed by atoms with Gasteiger partial charge in [0.25, 0.3) is 0 Å². The maximum atomic E-state index is 5.63. The van der Waals surface area contributed by atoms with Crippen LogP contribution in [0.15, 0.2) is 59.2 Å². The number of benzene rings is 2. The van der Waals surface area contributed by atoms with Gasteiger partial charge in [0.1, 0.15) is 5.58 Å². The zero-order chi connectivity index (χ0) is 13.4. The number of hydrogen-bond donors (Lipinski definition) is 0. The minimum absolute atomic E-state index is 0. The molecule has 0 amide bonds. The third-order valence-electron chi connectivity index (χ3n) is 4.16. The molecule has 2 aromatic carbocycles. The first-order valence-corrected chi connectivity index (χ1v) is 7.14. The summed E-state index contributed by atoms with van der Waals surface area (Å²) in [6.45, 7) is 3.12. The lowest BCUT2D eigenvalue weighted by molar-refractivity contribution is 0.245. The summed E-state index contributed by atoms with van der Waals surface area (Å²) >= 11 is 0. The van der Waals surface area contributed by atoms with E-state index < -0.39 is 0 Å². The van der Waals surface area contributed by atoms with E-state index in [0.717, 1.165) is 31.6 Å². The van der Waals surface area contributed by atoms with Gasteiger partial charge < -0.3 is 4.42 Å². The molecule has 1 aliphatic heterocycles. The van der Waals surface area contributed by atoms with E-state index in [-0.39, 0.29) is 12.4 Å². The molecule has 2 heterocycles. The van der Waals surface area contributed by atoms with Gasteiger partial charge in [-0.2, -0.15) is 0 Å². The molecular formula is C18H18ClNO. The number of furan rings is 1. The Morgan fingerprint density at radius 1 is 0.952 bits per heavy atom. The molecule has 0 N–H and O–H groups in total. The van der Waals surface area contributed by atoms with Crippen LogP contribution in [0.1, 0.15) is 16.7 Å². The molecule has 0 saturated carbocycles. The summed E-state index contributed by atoms with van der Waals surface area (Å²) in [5.74, 6) is 0. The lowest BCUT2D eigenvalue weighted by Crippen LogP contribution is -2.29. The summed E-state index contributed by atoms with van der Waals surface area (Å²) in [7, 11) is 0. The van der Waals surface area contributed by atoms with Crippen molar-refractivity contribution in [2.24, 2.45) is 0 Å². The second-order valence-corrected chi connectivity index (χ2v) is 5.49. The van der Waals surface area contributed by atoms with Gasteiger partial charge in [-0.05, 0) is 23.6 Å². The molecule has 0 radical (unpaired) electrons. The largest absolute Gasteiger partial charge is 0.464 e. The van der Waals surface area contributed by atoms with E-state index in [9.17, 15) is 0 Å². The zero-order valence-electron chi connectivity index (χ0n) is 11.8. The van der Waals surface area contributed by atoms with Crippen molar-refractivity contribution >= 4 is 23.4 Å². The molecule has 0 bridgehead atoms. The second kappa shape index (κ2) is 5.92. The summed E-state index contributed by atoms with van der Waals surface area (Å²) < 4.78 is 5.63. The van der Waals surface area contributed by atoms with Crippen LogP contribution in [0.4, 0.5) is 0 Å². The van der Waals surface area contributed by atoms with Crippen LogP contribution in [-0.4, -0.2) is 11.4 Å². The van der Waals surface area contributed by atoms with Gasteiger partial charge in [-0.15, -0.1) is 12.4 Å². The summed E-state index contributed by atoms with van der Waals surface area (Å²) in [5.41, 5.74) is 5.24. The van der Waals surface area contributed by atoms with Crippen molar-refractivity contribution in [2.75, 3.05) is 6.54 Å². The molecular weight excluding hydrogens is 282 g/mol. The van der Waals surface area contributed by atoms with Crippen LogP contribution in [0.5, 0.6) is 0 Å². The van der Waals surface area contributed by atoms with E-state index in [4.69, 9.17) is 4.42 Å². The number of para-hydroxylation sites is 1. The molecule has 0 saturated heterocycles. The van der Waals surface area contributed by atoms with E-state index in [1.54, 1.807) is 0 Å². The highest BCUT2D eigenvalue weighted by molar-refractivity contribution is 5.85. The van der Waals surface area contributed by atoms with Crippen molar-refractivity contribution in [3.05, 3.63) is 71.5 Å². The van der Waals surface area contributed by atoms with Crippen molar-refractivity contribution in [3.63, 3.8) is 0 Å². The molecule has 3 heteroatoms. The third kappa shape index (κ3) is 2.69. The first-order chi connectivity index (χ1) is 9.90. The van der Waals surface area contributed by atoms with Gasteiger partial charge in [-0.25, -0.2) is 0 Å². The van der Waals surface area contributed by atoms with Crippen LogP contribution in [0.2, 0.25) is 0 Å². The highest BCUT2D eigenvalue weighted by atomic mass is 35.5. The SMILES string of the molecule is Cl.c1ccc2c(c1)CCN(Cc1coc3ccccc13)C2. The molecule has 108 valence electrons. The molecule has 2 nitrogen and oxygen atoms in total. The smallest absolute Gasteiger partial charge is 0.134 e. The van der Waals surface area contributed by atoms with E-state index in [1.165, 1.54) is 22.1 Å². The molecule has 0 atom stereocenters. The molecule has 1 aromatic heterocycles.